The van der Waals surface area contributed by atoms with Gasteiger partial charge in [-0.15, -0.1) is 0 Å². The minimum Gasteiger partial charge on any atom is -0.265 e. The van der Waals surface area contributed by atoms with E-state index in [1.54, 1.807) is 0 Å². The van der Waals surface area contributed by atoms with Crippen LogP contribution in [-0.2, 0) is 0 Å². The van der Waals surface area contributed by atoms with E-state index in [9.17, 15) is 0 Å². The summed E-state index contributed by atoms with van der Waals surface area (Å²) in [5.74, 6) is 0. The maximum atomic E-state index is 5.47. The Hall–Kier alpha value is -6.26. The van der Waals surface area contributed by atoms with Crippen LogP contribution in [0.3, 0.4) is 0 Å². The fourth-order valence-electron chi connectivity index (χ4n) is 7.33. The molecule has 0 unspecified atom stereocenters. The summed E-state index contributed by atoms with van der Waals surface area (Å²) in [4.78, 5) is 19.6. The van der Waals surface area contributed by atoms with E-state index in [1.807, 2.05) is 36.9 Å². The van der Waals surface area contributed by atoms with Crippen LogP contribution >= 0.6 is 0 Å². The summed E-state index contributed by atoms with van der Waals surface area (Å²) in [6.45, 7) is 4.52. The lowest BCUT2D eigenvalue weighted by Crippen LogP contribution is -1.99. The first kappa shape index (κ1) is 28.0. The molecule has 4 aromatic heterocycles. The fourth-order valence-corrected chi connectivity index (χ4v) is 7.33. The van der Waals surface area contributed by atoms with Crippen molar-refractivity contribution < 1.29 is 0 Å². The van der Waals surface area contributed by atoms with Gasteiger partial charge in [0.15, 0.2) is 0 Å². The zero-order valence-electron chi connectivity index (χ0n) is 26.6. The minimum absolute atomic E-state index is 0.949. The number of hydrogen-bond acceptors (Lipinski definition) is 4. The average molecular weight is 615 g/mol. The molecule has 0 aliphatic carbocycles. The number of rotatable bonds is 4. The molecule has 4 nitrogen and oxygen atoms in total. The van der Waals surface area contributed by atoms with E-state index in [1.165, 1.54) is 32.7 Å². The molecule has 226 valence electrons. The van der Waals surface area contributed by atoms with E-state index in [-0.39, 0.29) is 0 Å². The normalized spacial score (nSPS) is 11.5. The summed E-state index contributed by atoms with van der Waals surface area (Å²) in [6.07, 6.45) is 7.46. The monoisotopic (exact) mass is 614 g/mol. The quantitative estimate of drug-likeness (QED) is 0.146. The highest BCUT2D eigenvalue weighted by atomic mass is 14.7. The van der Waals surface area contributed by atoms with E-state index in [0.717, 1.165) is 66.6 Å². The molecule has 0 fully saturated rings. The van der Waals surface area contributed by atoms with Crippen molar-refractivity contribution in [3.8, 4) is 44.8 Å². The second-order valence-electron chi connectivity index (χ2n) is 12.4. The molecular weight excluding hydrogens is 585 g/mol. The zero-order chi connectivity index (χ0) is 32.2. The van der Waals surface area contributed by atoms with E-state index in [4.69, 9.17) is 9.97 Å². The Morgan fingerprint density at radius 3 is 1.56 bits per heavy atom. The second kappa shape index (κ2) is 11.2. The summed E-state index contributed by atoms with van der Waals surface area (Å²) in [5.41, 5.74) is 12.8. The molecule has 9 rings (SSSR count). The number of aromatic nitrogens is 4. The first-order valence-corrected chi connectivity index (χ1v) is 16.2. The van der Waals surface area contributed by atoms with Crippen LogP contribution in [0, 0.1) is 13.8 Å². The van der Waals surface area contributed by atoms with Gasteiger partial charge in [-0.05, 0) is 77.2 Å². The van der Waals surface area contributed by atoms with Crippen LogP contribution in [0.1, 0.15) is 11.1 Å². The summed E-state index contributed by atoms with van der Waals surface area (Å²) in [6, 6.07) is 42.5. The van der Waals surface area contributed by atoms with Gasteiger partial charge in [0.05, 0.1) is 22.4 Å². The van der Waals surface area contributed by atoms with Crippen molar-refractivity contribution >= 4 is 43.4 Å². The summed E-state index contributed by atoms with van der Waals surface area (Å²) < 4.78 is 0. The summed E-state index contributed by atoms with van der Waals surface area (Å²) in [7, 11) is 0. The molecule has 4 heterocycles. The standard InChI is InChI=1S/C44H30N4/c1-27-39-35-15-9-10-16-37(35)47-43(30-11-5-3-6-12-30)41(39)28(2)40-36-18-17-32(34-23-33(25-46-26-34)29-19-21-45-22-20-29)24-38(36)48-44(42(27)40)31-13-7-4-8-14-31/h3-26H,1-2H3. The van der Waals surface area contributed by atoms with Crippen LogP contribution in [0.25, 0.3) is 88.1 Å². The molecule has 0 saturated heterocycles. The molecule has 9 aromatic rings. The van der Waals surface area contributed by atoms with E-state index >= 15 is 0 Å². The third-order valence-electron chi connectivity index (χ3n) is 9.56. The molecule has 0 saturated carbocycles. The number of benzene rings is 5. The van der Waals surface area contributed by atoms with Gasteiger partial charge in [0, 0.05) is 68.6 Å². The van der Waals surface area contributed by atoms with Crippen LogP contribution in [0.4, 0.5) is 0 Å². The highest BCUT2D eigenvalue weighted by Crippen LogP contribution is 2.45. The molecule has 0 aliphatic heterocycles. The van der Waals surface area contributed by atoms with Gasteiger partial charge in [0.2, 0.25) is 0 Å². The van der Waals surface area contributed by atoms with Crippen molar-refractivity contribution in [1.82, 2.24) is 19.9 Å². The van der Waals surface area contributed by atoms with Gasteiger partial charge in [0.25, 0.3) is 0 Å². The maximum absolute atomic E-state index is 5.47. The van der Waals surface area contributed by atoms with Gasteiger partial charge >= 0.3 is 0 Å². The van der Waals surface area contributed by atoms with E-state index < -0.39 is 0 Å². The Labute approximate surface area is 278 Å². The Bertz CT molecular complexity index is 2670. The van der Waals surface area contributed by atoms with Gasteiger partial charge in [-0.25, -0.2) is 9.97 Å². The van der Waals surface area contributed by atoms with Crippen LogP contribution in [0.15, 0.2) is 146 Å². The van der Waals surface area contributed by atoms with Crippen LogP contribution < -0.4 is 0 Å². The molecule has 4 heteroatoms. The van der Waals surface area contributed by atoms with E-state index in [2.05, 4.69) is 133 Å². The fraction of sp³-hybridized carbons (Fsp3) is 0.0455. The lowest BCUT2D eigenvalue weighted by atomic mass is 9.85. The summed E-state index contributed by atoms with van der Waals surface area (Å²) in [5, 5.41) is 7.11. The molecule has 0 atom stereocenters. The molecule has 0 N–H and O–H groups in total. The highest BCUT2D eigenvalue weighted by molar-refractivity contribution is 6.25. The van der Waals surface area contributed by atoms with Crippen LogP contribution in [0.5, 0.6) is 0 Å². The molecule has 0 aliphatic rings. The Morgan fingerprint density at radius 1 is 0.375 bits per heavy atom. The first-order valence-electron chi connectivity index (χ1n) is 16.2. The number of nitrogens with zero attached hydrogens (tertiary/aromatic N) is 4. The van der Waals surface area contributed by atoms with E-state index in [0.29, 0.717) is 0 Å². The van der Waals surface area contributed by atoms with Gasteiger partial charge in [-0.2, -0.15) is 0 Å². The van der Waals surface area contributed by atoms with Gasteiger partial charge in [-0.1, -0.05) is 91.0 Å². The number of pyridine rings is 4. The SMILES string of the molecule is Cc1c2c(-c3ccccc3)nc3cc(-c4cncc(-c5ccncc5)c4)ccc3c2c(C)c2c(-c3ccccc3)nc3ccccc3c12. The molecule has 0 spiro atoms. The smallest absolute Gasteiger partial charge is 0.0791 e. The molecule has 48 heavy (non-hydrogen) atoms. The Balaban J connectivity index is 1.40. The molecule has 0 radical (unpaired) electrons. The van der Waals surface area contributed by atoms with Gasteiger partial charge in [-0.3, -0.25) is 9.97 Å². The lowest BCUT2D eigenvalue weighted by molar-refractivity contribution is 1.30. The highest BCUT2D eigenvalue weighted by Gasteiger charge is 2.22. The average Bonchev–Trinajstić information content (AvgIpc) is 3.16. The topological polar surface area (TPSA) is 51.6 Å². The zero-order valence-corrected chi connectivity index (χ0v) is 26.6. The van der Waals surface area contributed by atoms with Gasteiger partial charge in [0.1, 0.15) is 0 Å². The number of fused-ring (bicyclic) bond motifs is 6. The Kier molecular flexibility index (Phi) is 6.54. The largest absolute Gasteiger partial charge is 0.265 e. The number of hydrogen-bond donors (Lipinski definition) is 0. The lowest BCUT2D eigenvalue weighted by Gasteiger charge is -2.21. The number of aryl methyl sites for hydroxylation is 2. The van der Waals surface area contributed by atoms with Crippen molar-refractivity contribution in [1.29, 1.82) is 0 Å². The molecule has 0 amide bonds. The third kappa shape index (κ3) is 4.45. The second-order valence-corrected chi connectivity index (χ2v) is 12.4. The summed E-state index contributed by atoms with van der Waals surface area (Å²) >= 11 is 0. The predicted octanol–water partition coefficient (Wildman–Crippen LogP) is 11.2. The predicted molar refractivity (Wildman–Crippen MR) is 199 cm³/mol. The molecule has 0 bridgehead atoms. The van der Waals surface area contributed by atoms with Crippen molar-refractivity contribution in [3.63, 3.8) is 0 Å². The van der Waals surface area contributed by atoms with Crippen molar-refractivity contribution in [3.05, 3.63) is 157 Å². The van der Waals surface area contributed by atoms with Crippen LogP contribution in [0.2, 0.25) is 0 Å². The van der Waals surface area contributed by atoms with Gasteiger partial charge < -0.3 is 0 Å². The van der Waals surface area contributed by atoms with Crippen molar-refractivity contribution in [2.75, 3.05) is 0 Å². The van der Waals surface area contributed by atoms with Crippen molar-refractivity contribution in [2.45, 2.75) is 13.8 Å². The Morgan fingerprint density at radius 2 is 0.917 bits per heavy atom. The maximum Gasteiger partial charge on any atom is 0.0791 e. The molecule has 5 aromatic carbocycles. The third-order valence-corrected chi connectivity index (χ3v) is 9.56. The van der Waals surface area contributed by atoms with Crippen LogP contribution in [-0.4, -0.2) is 19.9 Å². The number of para-hydroxylation sites is 1. The minimum atomic E-state index is 0.949. The molecular formula is C44H30N4. The van der Waals surface area contributed by atoms with Crippen molar-refractivity contribution in [2.24, 2.45) is 0 Å². The first-order chi connectivity index (χ1) is 23.7.